The van der Waals surface area contributed by atoms with Gasteiger partial charge in [0.25, 0.3) is 0 Å². The molecule has 1 aromatic rings. The van der Waals surface area contributed by atoms with Gasteiger partial charge < -0.3 is 10.4 Å². The number of pyridine rings is 1. The van der Waals surface area contributed by atoms with E-state index in [9.17, 15) is 4.79 Å². The van der Waals surface area contributed by atoms with Crippen LogP contribution in [-0.2, 0) is 4.79 Å². The van der Waals surface area contributed by atoms with Crippen LogP contribution in [0, 0.1) is 23.7 Å². The second-order valence-corrected chi connectivity index (χ2v) is 2.99. The number of anilines is 1. The van der Waals surface area contributed by atoms with E-state index >= 15 is 0 Å². The zero-order valence-corrected chi connectivity index (χ0v) is 8.34. The van der Waals surface area contributed by atoms with Crippen LogP contribution < -0.4 is 5.32 Å². The van der Waals surface area contributed by atoms with E-state index in [1.54, 1.807) is 6.07 Å². The van der Waals surface area contributed by atoms with Gasteiger partial charge in [-0.1, -0.05) is 0 Å². The minimum absolute atomic E-state index is 0.0787. The van der Waals surface area contributed by atoms with E-state index in [1.165, 1.54) is 12.3 Å². The molecule has 0 aliphatic carbocycles. The predicted molar refractivity (Wildman–Crippen MR) is 57.4 cm³/mol. The number of rotatable bonds is 4. The van der Waals surface area contributed by atoms with Crippen LogP contribution in [0.2, 0.25) is 0 Å². The third-order valence-corrected chi connectivity index (χ3v) is 1.84. The van der Waals surface area contributed by atoms with E-state index in [2.05, 4.69) is 16.2 Å². The standard InChI is InChI=1S/C11H9N3O2/c1-2-3-10(11(15)16)14-9-5-4-8(6-12)13-7-9/h1,4-5,7,10,14H,3H2,(H,15,16). The Balaban J connectivity index is 2.75. The number of nitriles is 1. The Kier molecular flexibility index (Phi) is 3.88. The number of terminal acetylenes is 1. The molecule has 0 aliphatic heterocycles. The molecule has 1 rings (SSSR count). The van der Waals surface area contributed by atoms with Crippen LogP contribution in [-0.4, -0.2) is 22.1 Å². The molecule has 1 atom stereocenters. The molecule has 1 unspecified atom stereocenters. The molecule has 1 aromatic heterocycles. The summed E-state index contributed by atoms with van der Waals surface area (Å²) in [5, 5.41) is 20.1. The van der Waals surface area contributed by atoms with Crippen molar-refractivity contribution in [2.75, 3.05) is 5.32 Å². The molecule has 16 heavy (non-hydrogen) atoms. The molecule has 5 nitrogen and oxygen atoms in total. The van der Waals surface area contributed by atoms with Gasteiger partial charge in [-0.3, -0.25) is 0 Å². The fourth-order valence-electron chi connectivity index (χ4n) is 1.06. The van der Waals surface area contributed by atoms with E-state index in [-0.39, 0.29) is 12.1 Å². The molecule has 0 saturated carbocycles. The van der Waals surface area contributed by atoms with Crippen molar-refractivity contribution in [3.8, 4) is 18.4 Å². The number of aromatic nitrogens is 1. The highest BCUT2D eigenvalue weighted by molar-refractivity contribution is 5.77. The first kappa shape index (κ1) is 11.5. The summed E-state index contributed by atoms with van der Waals surface area (Å²) in [6.07, 6.45) is 6.53. The maximum atomic E-state index is 10.8. The Morgan fingerprint density at radius 3 is 2.88 bits per heavy atom. The highest BCUT2D eigenvalue weighted by Crippen LogP contribution is 2.09. The van der Waals surface area contributed by atoms with Crippen molar-refractivity contribution in [2.24, 2.45) is 0 Å². The average Bonchev–Trinajstić information content (AvgIpc) is 2.29. The van der Waals surface area contributed by atoms with Crippen LogP contribution in [0.3, 0.4) is 0 Å². The Morgan fingerprint density at radius 2 is 2.44 bits per heavy atom. The van der Waals surface area contributed by atoms with E-state index in [1.807, 2.05) is 6.07 Å². The minimum atomic E-state index is -1.03. The quantitative estimate of drug-likeness (QED) is 0.727. The minimum Gasteiger partial charge on any atom is -0.480 e. The summed E-state index contributed by atoms with van der Waals surface area (Å²) in [6, 6.07) is 4.10. The van der Waals surface area contributed by atoms with Crippen LogP contribution in [0.4, 0.5) is 5.69 Å². The summed E-state index contributed by atoms with van der Waals surface area (Å²) < 4.78 is 0. The normalized spacial score (nSPS) is 10.9. The molecule has 0 aliphatic rings. The monoisotopic (exact) mass is 215 g/mol. The van der Waals surface area contributed by atoms with Crippen LogP contribution >= 0.6 is 0 Å². The molecule has 0 bridgehead atoms. The molecule has 80 valence electrons. The highest BCUT2D eigenvalue weighted by Gasteiger charge is 2.15. The maximum Gasteiger partial charge on any atom is 0.327 e. The maximum absolute atomic E-state index is 10.8. The summed E-state index contributed by atoms with van der Waals surface area (Å²) >= 11 is 0. The average molecular weight is 215 g/mol. The molecule has 5 heteroatoms. The molecule has 0 amide bonds. The molecule has 0 aromatic carbocycles. The van der Waals surface area contributed by atoms with Gasteiger partial charge in [0.1, 0.15) is 17.8 Å². The van der Waals surface area contributed by atoms with Gasteiger partial charge in [0.2, 0.25) is 0 Å². The molecular formula is C11H9N3O2. The van der Waals surface area contributed by atoms with E-state index in [4.69, 9.17) is 16.8 Å². The summed E-state index contributed by atoms with van der Waals surface area (Å²) in [5.74, 6) is 1.25. The molecule has 2 N–H and O–H groups in total. The predicted octanol–water partition coefficient (Wildman–Crippen LogP) is 0.842. The van der Waals surface area contributed by atoms with Gasteiger partial charge >= 0.3 is 5.97 Å². The first-order valence-corrected chi connectivity index (χ1v) is 4.46. The third kappa shape index (κ3) is 3.00. The number of hydrogen-bond donors (Lipinski definition) is 2. The lowest BCUT2D eigenvalue weighted by molar-refractivity contribution is -0.137. The van der Waals surface area contributed by atoms with Gasteiger partial charge in [-0.15, -0.1) is 12.3 Å². The van der Waals surface area contributed by atoms with Crippen molar-refractivity contribution < 1.29 is 9.90 Å². The van der Waals surface area contributed by atoms with Gasteiger partial charge in [0.15, 0.2) is 0 Å². The van der Waals surface area contributed by atoms with Gasteiger partial charge in [0.05, 0.1) is 11.9 Å². The molecule has 0 saturated heterocycles. The lowest BCUT2D eigenvalue weighted by atomic mass is 10.2. The number of hydrogen-bond acceptors (Lipinski definition) is 4. The molecule has 0 fully saturated rings. The lowest BCUT2D eigenvalue weighted by Gasteiger charge is -2.12. The van der Waals surface area contributed by atoms with Crippen molar-refractivity contribution in [1.29, 1.82) is 5.26 Å². The summed E-state index contributed by atoms with van der Waals surface area (Å²) in [4.78, 5) is 14.6. The molecule has 0 radical (unpaired) electrons. The lowest BCUT2D eigenvalue weighted by Crippen LogP contribution is -2.28. The number of carboxylic acids is 1. The highest BCUT2D eigenvalue weighted by atomic mass is 16.4. The zero-order chi connectivity index (χ0) is 12.0. The second kappa shape index (κ2) is 5.38. The number of nitrogens with one attached hydrogen (secondary N) is 1. The first-order valence-electron chi connectivity index (χ1n) is 4.46. The Hall–Kier alpha value is -2.53. The largest absolute Gasteiger partial charge is 0.480 e. The van der Waals surface area contributed by atoms with E-state index in [0.717, 1.165) is 0 Å². The summed E-state index contributed by atoms with van der Waals surface area (Å²) in [5.41, 5.74) is 0.788. The van der Waals surface area contributed by atoms with Crippen molar-refractivity contribution >= 4 is 11.7 Å². The van der Waals surface area contributed by atoms with Gasteiger partial charge in [0, 0.05) is 6.42 Å². The smallest absolute Gasteiger partial charge is 0.327 e. The second-order valence-electron chi connectivity index (χ2n) is 2.99. The Bertz CT molecular complexity index is 454. The fourth-order valence-corrected chi connectivity index (χ4v) is 1.06. The number of nitrogens with zero attached hydrogens (tertiary/aromatic N) is 2. The molecular weight excluding hydrogens is 206 g/mol. The molecule has 0 spiro atoms. The molecule has 1 heterocycles. The number of carboxylic acid groups (broad SMARTS) is 1. The third-order valence-electron chi connectivity index (χ3n) is 1.84. The topological polar surface area (TPSA) is 86.0 Å². The van der Waals surface area contributed by atoms with Crippen molar-refractivity contribution in [2.45, 2.75) is 12.5 Å². The summed E-state index contributed by atoms with van der Waals surface area (Å²) in [7, 11) is 0. The van der Waals surface area contributed by atoms with Crippen LogP contribution in [0.1, 0.15) is 12.1 Å². The SMILES string of the molecule is C#CCC(Nc1ccc(C#N)nc1)C(=O)O. The number of carbonyl (C=O) groups is 1. The fraction of sp³-hybridized carbons (Fsp3) is 0.182. The van der Waals surface area contributed by atoms with Crippen LogP contribution in [0.25, 0.3) is 0 Å². The van der Waals surface area contributed by atoms with Crippen molar-refractivity contribution in [3.05, 3.63) is 24.0 Å². The zero-order valence-electron chi connectivity index (χ0n) is 8.34. The van der Waals surface area contributed by atoms with Crippen LogP contribution in [0.5, 0.6) is 0 Å². The van der Waals surface area contributed by atoms with Crippen LogP contribution in [0.15, 0.2) is 18.3 Å². The Labute approximate surface area is 92.7 Å². The summed E-state index contributed by atoms with van der Waals surface area (Å²) in [6.45, 7) is 0. The van der Waals surface area contributed by atoms with Crippen molar-refractivity contribution in [1.82, 2.24) is 4.98 Å². The van der Waals surface area contributed by atoms with E-state index in [0.29, 0.717) is 5.69 Å². The van der Waals surface area contributed by atoms with Crippen molar-refractivity contribution in [3.63, 3.8) is 0 Å². The van der Waals surface area contributed by atoms with E-state index < -0.39 is 12.0 Å². The Morgan fingerprint density at radius 1 is 1.69 bits per heavy atom. The first-order chi connectivity index (χ1) is 7.67. The number of aliphatic carboxylic acids is 1. The van der Waals surface area contributed by atoms with Gasteiger partial charge in [-0.05, 0) is 12.1 Å². The van der Waals surface area contributed by atoms with Gasteiger partial charge in [-0.2, -0.15) is 5.26 Å². The van der Waals surface area contributed by atoms with Gasteiger partial charge in [-0.25, -0.2) is 9.78 Å².